The van der Waals surface area contributed by atoms with Crippen molar-refractivity contribution in [2.45, 2.75) is 159 Å². The SMILES string of the molecule is CCCC[S+](CCCC)CCCC.COC(=O)COc1c(C)cc([S+](c2ccccc2)c2ccccc2)cc1C.C[S+](C)c1ccccc1.Cc1cc([S+](c2ccccc2)c2ccccc2)cc(C)c1OCCCC(F)(F)CC(F)(F)C(F)(F)F.c1ccc(-[s+]2c3ccccc3c3ccccc32)cc1. The molecule has 104 heavy (non-hydrogen) atoms. The summed E-state index contributed by atoms with van der Waals surface area (Å²) in [6.45, 7) is 14.3. The number of hydrogen-bond donors (Lipinski definition) is 0. The lowest BCUT2D eigenvalue weighted by atomic mass is 10.0. The third kappa shape index (κ3) is 25.3. The minimum Gasteiger partial charge on any atom is -0.493 e. The zero-order chi connectivity index (χ0) is 75.1. The second-order valence-corrected chi connectivity index (χ2v) is 35.8. The quantitative estimate of drug-likeness (QED) is 0.0223. The van der Waals surface area contributed by atoms with Crippen molar-refractivity contribution in [3.8, 4) is 16.4 Å². The Labute approximate surface area is 627 Å². The van der Waals surface area contributed by atoms with E-state index in [0.29, 0.717) is 16.6 Å². The van der Waals surface area contributed by atoms with Crippen LogP contribution in [0, 0.1) is 27.7 Å². The van der Waals surface area contributed by atoms with Crippen LogP contribution in [0.1, 0.15) is 101 Å². The number of benzene rings is 10. The molecule has 0 unspecified atom stereocenters. The summed E-state index contributed by atoms with van der Waals surface area (Å²) in [6, 6.07) is 88.2. The maximum Gasteiger partial charge on any atom is 0.453 e. The van der Waals surface area contributed by atoms with Crippen molar-refractivity contribution in [3.05, 3.63) is 277 Å². The molecule has 11 rings (SSSR count). The van der Waals surface area contributed by atoms with Crippen LogP contribution in [0.15, 0.2) is 289 Å². The Morgan fingerprint density at radius 2 is 0.740 bits per heavy atom. The molecule has 0 aliphatic rings. The summed E-state index contributed by atoms with van der Waals surface area (Å²) in [7, 11) is 2.01. The van der Waals surface area contributed by atoms with Gasteiger partial charge in [-0.15, -0.1) is 0 Å². The highest BCUT2D eigenvalue weighted by Crippen LogP contribution is 2.49. The second kappa shape index (κ2) is 42.5. The van der Waals surface area contributed by atoms with Crippen molar-refractivity contribution >= 4 is 80.2 Å². The summed E-state index contributed by atoms with van der Waals surface area (Å²) in [5.74, 6) is -4.25. The molecule has 0 saturated carbocycles. The number of rotatable bonds is 27. The summed E-state index contributed by atoms with van der Waals surface area (Å²) in [4.78, 5) is 21.3. The predicted molar refractivity (Wildman–Crippen MR) is 431 cm³/mol. The fourth-order valence-corrected chi connectivity index (χ4v) is 21.8. The van der Waals surface area contributed by atoms with Gasteiger partial charge in [-0.25, -0.2) is 13.6 Å². The Kier molecular flexibility index (Phi) is 34.2. The van der Waals surface area contributed by atoms with E-state index in [1.54, 1.807) is 0 Å². The van der Waals surface area contributed by atoms with Crippen molar-refractivity contribution in [3.63, 3.8) is 0 Å². The highest BCUT2D eigenvalue weighted by molar-refractivity contribution is 7.97. The lowest BCUT2D eigenvalue weighted by molar-refractivity contribution is -0.301. The van der Waals surface area contributed by atoms with Gasteiger partial charge in [-0.1, -0.05) is 173 Å². The minimum atomic E-state index is -6.01. The first-order chi connectivity index (χ1) is 50.0. The van der Waals surface area contributed by atoms with Crippen LogP contribution in [0.2, 0.25) is 0 Å². The van der Waals surface area contributed by atoms with Gasteiger partial charge in [0.25, 0.3) is 5.92 Å². The normalized spacial score (nSPS) is 11.5. The van der Waals surface area contributed by atoms with Gasteiger partial charge in [-0.05, 0) is 184 Å². The molecule has 0 saturated heterocycles. The lowest BCUT2D eigenvalue weighted by Crippen LogP contribution is -2.41. The van der Waals surface area contributed by atoms with Gasteiger partial charge in [0.1, 0.15) is 41.3 Å². The number of hydrogen-bond acceptors (Lipinski definition) is 4. The fourth-order valence-electron chi connectivity index (χ4n) is 11.5. The van der Waals surface area contributed by atoms with Crippen LogP contribution in [0.4, 0.5) is 30.7 Å². The van der Waals surface area contributed by atoms with Crippen LogP contribution in [0.25, 0.3) is 25.1 Å². The molecule has 11 aromatic rings. The Morgan fingerprint density at radius 3 is 1.07 bits per heavy atom. The van der Waals surface area contributed by atoms with E-state index in [4.69, 9.17) is 9.47 Å². The second-order valence-electron chi connectivity index (χ2n) is 25.2. The Bertz CT molecular complexity index is 4100. The molecular weight excluding hydrogens is 1410 g/mol. The van der Waals surface area contributed by atoms with E-state index in [-0.39, 0.29) is 47.0 Å². The molecule has 0 bridgehead atoms. The number of ether oxygens (including phenoxy) is 3. The zero-order valence-electron chi connectivity index (χ0n) is 61.5. The van der Waals surface area contributed by atoms with E-state index in [1.807, 2.05) is 113 Å². The molecule has 0 amide bonds. The molecule has 550 valence electrons. The molecule has 0 N–H and O–H groups in total. The van der Waals surface area contributed by atoms with Gasteiger partial charge < -0.3 is 14.2 Å². The standard InChI is InChI=1S/C27H26F7OS.C23H23O3S.C18H13S.C12H27S.C8H11S/c1-19-16-23(36(21-10-5-3-6-11-21)22-12-7-4-8-13-22)17-20(2)24(19)35-15-9-14-25(28,29)18-26(30,31)27(32,33)34;1-17-14-21(15-18(2)23(17)26-16-22(24)25-3)27(19-10-6-4-7-11-19)20-12-8-5-9-13-20;1-2-8-14(9-3-1)19-17-12-6-4-10-15(17)16-11-5-7-13-18(16)19;1-4-7-10-13(11-8-5-2)12-9-6-3;1-9(2)8-6-4-3-5-7-8/h3-8,10-13,16-17H,9,14-15,18H2,1-2H3;4-15H,16H2,1-3H3;1-13H;4-12H2,1-3H3;3-7H,1-2H3/q5*+1. The number of aryl methyl sites for hydroxylation is 4. The number of alkyl halides is 7. The van der Waals surface area contributed by atoms with Crippen molar-refractivity contribution in [2.75, 3.05) is 50.1 Å². The highest BCUT2D eigenvalue weighted by Gasteiger charge is 2.61. The smallest absolute Gasteiger partial charge is 0.453 e. The summed E-state index contributed by atoms with van der Waals surface area (Å²) in [5.41, 5.74) is 3.56. The minimum absolute atomic E-state index is 0.0594. The zero-order valence-corrected chi connectivity index (χ0v) is 65.6. The van der Waals surface area contributed by atoms with Crippen molar-refractivity contribution in [1.29, 1.82) is 0 Å². The number of carbonyl (C=O) groups excluding carboxylic acids is 1. The molecule has 0 atom stereocenters. The van der Waals surface area contributed by atoms with Gasteiger partial charge >= 0.3 is 18.1 Å². The molecular formula is C88H100F7O4S5+5. The van der Waals surface area contributed by atoms with E-state index in [1.165, 1.54) is 108 Å². The maximum atomic E-state index is 13.8. The lowest BCUT2D eigenvalue weighted by Gasteiger charge is -2.25. The molecule has 1 aromatic heterocycles. The number of thiophene rings is 1. The molecule has 0 spiro atoms. The van der Waals surface area contributed by atoms with Crippen LogP contribution in [-0.2, 0) is 53.1 Å². The summed E-state index contributed by atoms with van der Waals surface area (Å²) in [6.07, 6.45) is 2.86. The molecule has 4 nitrogen and oxygen atoms in total. The highest BCUT2D eigenvalue weighted by atomic mass is 32.2. The molecule has 1 heterocycles. The number of unbranched alkanes of at least 4 members (excludes halogenated alkanes) is 3. The molecule has 10 aromatic carbocycles. The van der Waals surface area contributed by atoms with Crippen LogP contribution >= 0.6 is 10.5 Å². The van der Waals surface area contributed by atoms with Crippen molar-refractivity contribution < 1.29 is 49.7 Å². The maximum absolute atomic E-state index is 13.8. The van der Waals surface area contributed by atoms with E-state index in [2.05, 4.69) is 208 Å². The van der Waals surface area contributed by atoms with Gasteiger partial charge in [-0.2, -0.15) is 22.0 Å². The Morgan fingerprint density at radius 1 is 0.413 bits per heavy atom. The van der Waals surface area contributed by atoms with E-state index in [0.717, 1.165) is 53.6 Å². The first-order valence-electron chi connectivity index (χ1n) is 35.3. The molecule has 0 aliphatic carbocycles. The first kappa shape index (κ1) is 83.7. The van der Waals surface area contributed by atoms with Gasteiger partial charge in [0.15, 0.2) is 55.2 Å². The van der Waals surface area contributed by atoms with Crippen LogP contribution in [0.5, 0.6) is 11.5 Å². The van der Waals surface area contributed by atoms with Gasteiger partial charge in [0, 0.05) is 62.8 Å². The third-order valence-corrected chi connectivity index (χ3v) is 27.2. The molecule has 0 fully saturated rings. The Hall–Kier alpha value is -7.60. The molecule has 0 radical (unpaired) electrons. The molecule has 0 aliphatic heterocycles. The van der Waals surface area contributed by atoms with E-state index < -0.39 is 41.8 Å². The number of fused-ring (bicyclic) bond motifs is 3. The van der Waals surface area contributed by atoms with E-state index in [9.17, 15) is 35.5 Å². The number of carbonyl (C=O) groups is 1. The number of halogens is 7. The monoisotopic (exact) mass is 1510 g/mol. The van der Waals surface area contributed by atoms with Gasteiger partial charge in [0.05, 0.1) is 41.9 Å². The predicted octanol–water partition coefficient (Wildman–Crippen LogP) is 25.4. The summed E-state index contributed by atoms with van der Waals surface area (Å²) < 4.78 is 109. The summed E-state index contributed by atoms with van der Waals surface area (Å²) in [5, 5.41) is 2.79. The Balaban J connectivity index is 0.000000195. The summed E-state index contributed by atoms with van der Waals surface area (Å²) >= 11 is 0. The van der Waals surface area contributed by atoms with E-state index >= 15 is 0 Å². The average molecular weight is 1520 g/mol. The number of methoxy groups -OCH3 is 1. The average Bonchev–Trinajstić information content (AvgIpc) is 1.64. The van der Waals surface area contributed by atoms with Gasteiger partial charge in [0.2, 0.25) is 0 Å². The molecule has 16 heteroatoms. The number of esters is 1. The van der Waals surface area contributed by atoms with Crippen molar-refractivity contribution in [2.24, 2.45) is 0 Å². The van der Waals surface area contributed by atoms with Crippen LogP contribution < -0.4 is 9.47 Å². The third-order valence-electron chi connectivity index (χ3n) is 16.7. The fraction of sp³-hybridized carbons (Fsp3) is 0.307. The van der Waals surface area contributed by atoms with Crippen LogP contribution in [0.3, 0.4) is 0 Å². The van der Waals surface area contributed by atoms with Gasteiger partial charge in [-0.3, -0.25) is 0 Å². The first-order valence-corrected chi connectivity index (χ1v) is 42.8. The van der Waals surface area contributed by atoms with Crippen molar-refractivity contribution in [1.82, 2.24) is 0 Å². The van der Waals surface area contributed by atoms with Crippen LogP contribution in [-0.4, -0.2) is 74.1 Å². The largest absolute Gasteiger partial charge is 0.493 e. The topological polar surface area (TPSA) is 44.8 Å².